The number of hydrogen-bond acceptors (Lipinski definition) is 5. The van der Waals surface area contributed by atoms with Crippen LogP contribution in [0.4, 0.5) is 0 Å². The average molecular weight is 284 g/mol. The topological polar surface area (TPSA) is 68.3 Å². The highest BCUT2D eigenvalue weighted by molar-refractivity contribution is 7.11. The van der Waals surface area contributed by atoms with Crippen LogP contribution in [0.15, 0.2) is 5.38 Å². The SMILES string of the molecule is CCOC(=O)c1nc(C(=O)NCCC(C)(C)C)cs1. The van der Waals surface area contributed by atoms with Crippen LogP contribution in [0.1, 0.15) is 54.4 Å². The van der Waals surface area contributed by atoms with Crippen molar-refractivity contribution in [2.75, 3.05) is 13.2 Å². The fraction of sp³-hybridized carbons (Fsp3) is 0.615. The van der Waals surface area contributed by atoms with E-state index in [0.717, 1.165) is 17.8 Å². The molecule has 1 N–H and O–H groups in total. The molecule has 0 aromatic carbocycles. The second-order valence-electron chi connectivity index (χ2n) is 5.32. The van der Waals surface area contributed by atoms with E-state index in [4.69, 9.17) is 4.74 Å². The van der Waals surface area contributed by atoms with Gasteiger partial charge in [-0.05, 0) is 18.8 Å². The number of carbonyl (C=O) groups excluding carboxylic acids is 2. The summed E-state index contributed by atoms with van der Waals surface area (Å²) in [5, 5.41) is 4.57. The molecule has 19 heavy (non-hydrogen) atoms. The number of hydrogen-bond donors (Lipinski definition) is 1. The minimum absolute atomic E-state index is 0.172. The summed E-state index contributed by atoms with van der Waals surface area (Å²) >= 11 is 1.12. The minimum atomic E-state index is -0.485. The smallest absolute Gasteiger partial charge is 0.367 e. The van der Waals surface area contributed by atoms with Gasteiger partial charge in [0.25, 0.3) is 5.91 Å². The highest BCUT2D eigenvalue weighted by Crippen LogP contribution is 2.17. The second kappa shape index (κ2) is 6.65. The predicted molar refractivity (Wildman–Crippen MR) is 74.5 cm³/mol. The second-order valence-corrected chi connectivity index (χ2v) is 6.18. The van der Waals surface area contributed by atoms with Crippen molar-refractivity contribution in [1.29, 1.82) is 0 Å². The third-order valence-electron chi connectivity index (χ3n) is 2.35. The van der Waals surface area contributed by atoms with E-state index in [1.807, 2.05) is 0 Å². The Balaban J connectivity index is 2.52. The van der Waals surface area contributed by atoms with Crippen molar-refractivity contribution < 1.29 is 14.3 Å². The van der Waals surface area contributed by atoms with Gasteiger partial charge in [-0.3, -0.25) is 4.79 Å². The molecule has 0 aliphatic heterocycles. The van der Waals surface area contributed by atoms with Crippen molar-refractivity contribution in [3.8, 4) is 0 Å². The third-order valence-corrected chi connectivity index (χ3v) is 3.17. The van der Waals surface area contributed by atoms with Gasteiger partial charge in [0.15, 0.2) is 0 Å². The fourth-order valence-corrected chi connectivity index (χ4v) is 2.00. The molecule has 0 fully saturated rings. The van der Waals surface area contributed by atoms with E-state index in [9.17, 15) is 9.59 Å². The summed E-state index contributed by atoms with van der Waals surface area (Å²) < 4.78 is 4.82. The number of nitrogens with zero attached hydrogens (tertiary/aromatic N) is 1. The molecule has 0 unspecified atom stereocenters. The summed E-state index contributed by atoms with van der Waals surface area (Å²) in [7, 11) is 0. The van der Waals surface area contributed by atoms with Crippen molar-refractivity contribution >= 4 is 23.2 Å². The summed E-state index contributed by atoms with van der Waals surface area (Å²) in [4.78, 5) is 27.2. The minimum Gasteiger partial charge on any atom is -0.461 e. The van der Waals surface area contributed by atoms with E-state index >= 15 is 0 Å². The normalized spacial score (nSPS) is 11.2. The number of esters is 1. The Labute approximate surface area is 117 Å². The van der Waals surface area contributed by atoms with Gasteiger partial charge in [0.05, 0.1) is 6.61 Å². The van der Waals surface area contributed by atoms with E-state index in [2.05, 4.69) is 31.1 Å². The van der Waals surface area contributed by atoms with Crippen LogP contribution < -0.4 is 5.32 Å². The number of amides is 1. The Morgan fingerprint density at radius 2 is 2.11 bits per heavy atom. The van der Waals surface area contributed by atoms with Gasteiger partial charge >= 0.3 is 5.97 Å². The van der Waals surface area contributed by atoms with E-state index in [1.54, 1.807) is 12.3 Å². The van der Waals surface area contributed by atoms with Gasteiger partial charge < -0.3 is 10.1 Å². The molecule has 0 radical (unpaired) electrons. The standard InChI is InChI=1S/C13H20N2O3S/c1-5-18-12(17)11-15-9(8-19-11)10(16)14-7-6-13(2,3)4/h8H,5-7H2,1-4H3,(H,14,16). The number of thiazole rings is 1. The summed E-state index contributed by atoms with van der Waals surface area (Å²) in [5.41, 5.74) is 0.438. The molecule has 0 aliphatic rings. The molecule has 0 saturated carbocycles. The van der Waals surface area contributed by atoms with Crippen LogP contribution in [-0.4, -0.2) is 30.0 Å². The quantitative estimate of drug-likeness (QED) is 0.843. The monoisotopic (exact) mass is 284 g/mol. The Morgan fingerprint density at radius 1 is 1.42 bits per heavy atom. The van der Waals surface area contributed by atoms with Gasteiger partial charge in [0, 0.05) is 11.9 Å². The Morgan fingerprint density at radius 3 is 2.68 bits per heavy atom. The van der Waals surface area contributed by atoms with Crippen LogP contribution in [0, 0.1) is 5.41 Å². The van der Waals surface area contributed by atoms with Crippen molar-refractivity contribution in [3.05, 3.63) is 16.1 Å². The van der Waals surface area contributed by atoms with E-state index in [1.165, 1.54) is 0 Å². The van der Waals surface area contributed by atoms with Crippen LogP contribution in [0.5, 0.6) is 0 Å². The summed E-state index contributed by atoms with van der Waals surface area (Å²) in [6.45, 7) is 8.95. The first-order valence-electron chi connectivity index (χ1n) is 6.24. The van der Waals surface area contributed by atoms with Crippen molar-refractivity contribution in [1.82, 2.24) is 10.3 Å². The summed E-state index contributed by atoms with van der Waals surface area (Å²) in [6.07, 6.45) is 0.883. The maximum atomic E-state index is 11.8. The molecule has 106 valence electrons. The molecular formula is C13H20N2O3S. The van der Waals surface area contributed by atoms with Crippen molar-refractivity contribution in [2.24, 2.45) is 5.41 Å². The zero-order chi connectivity index (χ0) is 14.5. The van der Waals surface area contributed by atoms with E-state index in [0.29, 0.717) is 13.2 Å². The number of rotatable bonds is 5. The van der Waals surface area contributed by atoms with E-state index in [-0.39, 0.29) is 22.0 Å². The Kier molecular flexibility index (Phi) is 5.47. The maximum absolute atomic E-state index is 11.8. The van der Waals surface area contributed by atoms with Gasteiger partial charge in [0.1, 0.15) is 5.69 Å². The largest absolute Gasteiger partial charge is 0.461 e. The lowest BCUT2D eigenvalue weighted by Crippen LogP contribution is -2.27. The molecule has 0 bridgehead atoms. The lowest BCUT2D eigenvalue weighted by Gasteiger charge is -2.17. The third kappa shape index (κ3) is 5.38. The molecule has 1 amide bonds. The number of carbonyl (C=O) groups is 2. The number of nitrogens with one attached hydrogen (secondary N) is 1. The molecule has 5 nitrogen and oxygen atoms in total. The maximum Gasteiger partial charge on any atom is 0.367 e. The van der Waals surface area contributed by atoms with Gasteiger partial charge in [-0.15, -0.1) is 11.3 Å². The number of ether oxygens (including phenoxy) is 1. The first kappa shape index (κ1) is 15.6. The molecular weight excluding hydrogens is 264 g/mol. The lowest BCUT2D eigenvalue weighted by molar-refractivity contribution is 0.0526. The van der Waals surface area contributed by atoms with Crippen LogP contribution in [0.3, 0.4) is 0 Å². The van der Waals surface area contributed by atoms with Crippen molar-refractivity contribution in [2.45, 2.75) is 34.1 Å². The predicted octanol–water partition coefficient (Wildman–Crippen LogP) is 2.49. The van der Waals surface area contributed by atoms with Crippen LogP contribution >= 0.6 is 11.3 Å². The average Bonchev–Trinajstić information content (AvgIpc) is 2.76. The first-order valence-corrected chi connectivity index (χ1v) is 7.12. The van der Waals surface area contributed by atoms with Crippen molar-refractivity contribution in [3.63, 3.8) is 0 Å². The molecule has 0 aliphatic carbocycles. The van der Waals surface area contributed by atoms with Crippen LogP contribution in [0.2, 0.25) is 0 Å². The van der Waals surface area contributed by atoms with Crippen LogP contribution in [-0.2, 0) is 4.74 Å². The van der Waals surface area contributed by atoms with Gasteiger partial charge in [-0.25, -0.2) is 9.78 Å². The van der Waals surface area contributed by atoms with Gasteiger partial charge in [0.2, 0.25) is 5.01 Å². The zero-order valence-electron chi connectivity index (χ0n) is 11.8. The molecule has 0 saturated heterocycles. The highest BCUT2D eigenvalue weighted by atomic mass is 32.1. The fourth-order valence-electron chi connectivity index (χ4n) is 1.31. The summed E-state index contributed by atoms with van der Waals surface area (Å²) in [5.74, 6) is -0.739. The molecule has 6 heteroatoms. The molecule has 1 aromatic heterocycles. The molecule has 1 rings (SSSR count). The van der Waals surface area contributed by atoms with E-state index < -0.39 is 5.97 Å². The highest BCUT2D eigenvalue weighted by Gasteiger charge is 2.17. The molecule has 0 spiro atoms. The molecule has 1 heterocycles. The van der Waals surface area contributed by atoms with Gasteiger partial charge in [-0.1, -0.05) is 20.8 Å². The first-order chi connectivity index (χ1) is 8.83. The lowest BCUT2D eigenvalue weighted by atomic mass is 9.92. The summed E-state index contributed by atoms with van der Waals surface area (Å²) in [6, 6.07) is 0. The zero-order valence-corrected chi connectivity index (χ0v) is 12.6. The number of aromatic nitrogens is 1. The molecule has 0 atom stereocenters. The van der Waals surface area contributed by atoms with Crippen LogP contribution in [0.25, 0.3) is 0 Å². The molecule has 1 aromatic rings. The Bertz CT molecular complexity index is 449. The Hall–Kier alpha value is -1.43. The van der Waals surface area contributed by atoms with Gasteiger partial charge in [-0.2, -0.15) is 0 Å².